The van der Waals surface area contributed by atoms with E-state index in [4.69, 9.17) is 9.84 Å². The maximum atomic E-state index is 10.6. The molecule has 2 fully saturated rings. The van der Waals surface area contributed by atoms with Gasteiger partial charge in [0.2, 0.25) is 0 Å². The minimum Gasteiger partial charge on any atom is -0.497 e. The molecule has 3 atom stereocenters. The van der Waals surface area contributed by atoms with Crippen LogP contribution in [-0.2, 0) is 29.5 Å². The normalized spacial score (nSPS) is 21.0. The molecule has 286 valence electrons. The van der Waals surface area contributed by atoms with Crippen LogP contribution in [-0.4, -0.2) is 80.8 Å². The summed E-state index contributed by atoms with van der Waals surface area (Å²) < 4.78 is 10.2. The van der Waals surface area contributed by atoms with Gasteiger partial charge in [-0.3, -0.25) is 4.79 Å². The van der Waals surface area contributed by atoms with Crippen molar-refractivity contribution in [2.45, 2.75) is 76.2 Å². The maximum absolute atomic E-state index is 10.6. The number of ether oxygens (including phenoxy) is 2. The molecule has 0 unspecified atom stereocenters. The third-order valence-corrected chi connectivity index (χ3v) is 11.9. The number of carbonyl (C=O) groups excluding carboxylic acids is 1. The average molecular weight is 732 g/mol. The molecule has 1 N–H and O–H groups in total. The van der Waals surface area contributed by atoms with E-state index in [9.17, 15) is 9.59 Å². The number of esters is 1. The first-order chi connectivity index (χ1) is 26.1. The largest absolute Gasteiger partial charge is 0.497 e. The molecule has 2 bridgehead atoms. The predicted molar refractivity (Wildman–Crippen MR) is 217 cm³/mol. The number of likely N-dealkylation sites (N-methyl/N-ethyl adjacent to an activating group) is 1. The first-order valence-corrected chi connectivity index (χ1v) is 19.6. The highest BCUT2D eigenvalue weighted by Gasteiger charge is 2.53. The number of methoxy groups -OCH3 is 1. The SMILES string of the molecule is CC(=O)Oc1ccccc1C(=O)O.CN(C)CCCN1c2ccccc2CCc2ccccc21.COc1ccc2c(c1)[C@]13CCCC[C@@H]1[C@H](C2)N(C)CC3. The van der Waals surface area contributed by atoms with Gasteiger partial charge >= 0.3 is 11.9 Å². The number of hydrogen-bond donors (Lipinski definition) is 1. The number of aryl methyl sites for hydroxylation is 2. The Bertz CT molecular complexity index is 1860. The highest BCUT2D eigenvalue weighted by Crippen LogP contribution is 2.56. The molecule has 0 spiro atoms. The van der Waals surface area contributed by atoms with Crippen LogP contribution in [0.15, 0.2) is 91.0 Å². The van der Waals surface area contributed by atoms with Crippen molar-refractivity contribution in [3.8, 4) is 11.5 Å². The second-order valence-electron chi connectivity index (χ2n) is 15.5. The lowest BCUT2D eigenvalue weighted by Gasteiger charge is -2.58. The summed E-state index contributed by atoms with van der Waals surface area (Å²) in [5.74, 6) is 0.336. The second-order valence-corrected chi connectivity index (χ2v) is 15.5. The standard InChI is InChI=1S/C19H24N2.C18H25NO.C9H8O4/c1-20(2)14-7-15-21-18-10-5-3-8-16(18)12-13-17-9-4-6-11-19(17)21;1-19-10-9-18-8-4-3-5-15(18)17(19)11-13-6-7-14(20-2)12-16(13)18;1-6(10)13-8-5-3-2-4-7(8)9(11)12/h3-6,8-11H,7,12-15H2,1-2H3;6-7,12,15,17H,3-5,8-11H2,1-2H3;2-5H,1H3,(H,11,12)/t;15-,17+,18+;/m.1./s1. The molecular weight excluding hydrogens is 675 g/mol. The number of nitrogens with zero attached hydrogens (tertiary/aromatic N) is 3. The van der Waals surface area contributed by atoms with Crippen molar-refractivity contribution in [1.82, 2.24) is 9.80 Å². The maximum Gasteiger partial charge on any atom is 0.339 e. The molecule has 2 aliphatic carbocycles. The number of carbonyl (C=O) groups is 2. The van der Waals surface area contributed by atoms with E-state index in [0.29, 0.717) is 5.41 Å². The number of aromatic carboxylic acids is 1. The molecule has 0 radical (unpaired) electrons. The zero-order valence-corrected chi connectivity index (χ0v) is 32.7. The summed E-state index contributed by atoms with van der Waals surface area (Å²) in [7, 11) is 8.41. The number of piperidine rings is 1. The molecule has 2 heterocycles. The van der Waals surface area contributed by atoms with Gasteiger partial charge in [-0.2, -0.15) is 0 Å². The molecule has 54 heavy (non-hydrogen) atoms. The van der Waals surface area contributed by atoms with E-state index in [1.807, 2.05) is 0 Å². The van der Waals surface area contributed by atoms with Gasteiger partial charge in [0.25, 0.3) is 0 Å². The van der Waals surface area contributed by atoms with Crippen molar-refractivity contribution >= 4 is 23.3 Å². The topological polar surface area (TPSA) is 82.5 Å². The number of carboxylic acid groups (broad SMARTS) is 1. The lowest BCUT2D eigenvalue weighted by atomic mass is 9.52. The van der Waals surface area contributed by atoms with Gasteiger partial charge in [0.1, 0.15) is 17.1 Å². The van der Waals surface area contributed by atoms with E-state index in [2.05, 4.69) is 107 Å². The van der Waals surface area contributed by atoms with Gasteiger partial charge in [-0.25, -0.2) is 4.79 Å². The average Bonchev–Trinajstić information content (AvgIpc) is 3.33. The number of hydrogen-bond acceptors (Lipinski definition) is 7. The first-order valence-electron chi connectivity index (χ1n) is 19.6. The Hall–Kier alpha value is -4.66. The van der Waals surface area contributed by atoms with E-state index in [-0.39, 0.29) is 11.3 Å². The number of rotatable bonds is 7. The van der Waals surface area contributed by atoms with E-state index in [1.165, 1.54) is 93.0 Å². The number of para-hydroxylation sites is 3. The van der Waals surface area contributed by atoms with Crippen LogP contribution in [0.4, 0.5) is 11.4 Å². The zero-order chi connectivity index (χ0) is 38.2. The summed E-state index contributed by atoms with van der Waals surface area (Å²) in [6.07, 6.45) is 11.7. The monoisotopic (exact) mass is 731 g/mol. The molecule has 4 aromatic carbocycles. The Morgan fingerprint density at radius 2 is 1.54 bits per heavy atom. The lowest BCUT2D eigenvalue weighted by Crippen LogP contribution is -2.59. The van der Waals surface area contributed by atoms with Crippen molar-refractivity contribution < 1.29 is 24.2 Å². The number of benzene rings is 4. The van der Waals surface area contributed by atoms with Gasteiger partial charge in [-0.15, -0.1) is 0 Å². The van der Waals surface area contributed by atoms with Crippen LogP contribution in [0.25, 0.3) is 0 Å². The molecule has 4 aromatic rings. The summed E-state index contributed by atoms with van der Waals surface area (Å²) in [6, 6.07) is 31.3. The van der Waals surface area contributed by atoms with Gasteiger partial charge in [-0.1, -0.05) is 67.4 Å². The smallest absolute Gasteiger partial charge is 0.339 e. The van der Waals surface area contributed by atoms with Crippen LogP contribution in [0.5, 0.6) is 11.5 Å². The minimum atomic E-state index is -1.11. The molecule has 8 nitrogen and oxygen atoms in total. The van der Waals surface area contributed by atoms with Crippen molar-refractivity contribution in [2.24, 2.45) is 5.92 Å². The Kier molecular flexibility index (Phi) is 12.8. The van der Waals surface area contributed by atoms with Crippen molar-refractivity contribution in [3.05, 3.63) is 119 Å². The summed E-state index contributed by atoms with van der Waals surface area (Å²) in [6.45, 7) is 4.68. The third kappa shape index (κ3) is 8.66. The molecule has 8 heteroatoms. The molecule has 4 aliphatic rings. The molecule has 1 saturated heterocycles. The Balaban J connectivity index is 0.000000142. The van der Waals surface area contributed by atoms with Gasteiger partial charge in [-0.05, 0) is 144 Å². The van der Waals surface area contributed by atoms with E-state index < -0.39 is 11.9 Å². The Morgan fingerprint density at radius 3 is 2.19 bits per heavy atom. The fourth-order valence-electron chi connectivity index (χ4n) is 9.35. The van der Waals surface area contributed by atoms with Crippen LogP contribution >= 0.6 is 0 Å². The van der Waals surface area contributed by atoms with E-state index >= 15 is 0 Å². The molecule has 0 amide bonds. The fourth-order valence-corrected chi connectivity index (χ4v) is 9.35. The highest BCUT2D eigenvalue weighted by atomic mass is 16.5. The minimum absolute atomic E-state index is 0.0160. The Morgan fingerprint density at radius 1 is 0.870 bits per heavy atom. The van der Waals surface area contributed by atoms with Gasteiger partial charge in [0.15, 0.2) is 0 Å². The quantitative estimate of drug-likeness (QED) is 0.150. The summed E-state index contributed by atoms with van der Waals surface area (Å²) in [5.41, 5.74) is 9.38. The first kappa shape index (κ1) is 39.0. The second kappa shape index (κ2) is 17.7. The zero-order valence-electron chi connectivity index (χ0n) is 32.7. The highest BCUT2D eigenvalue weighted by molar-refractivity contribution is 5.91. The molecular formula is C46H57N3O5. The van der Waals surface area contributed by atoms with Crippen LogP contribution in [0.1, 0.15) is 78.1 Å². The molecule has 0 aromatic heterocycles. The molecule has 1 saturated carbocycles. The van der Waals surface area contributed by atoms with Gasteiger partial charge in [0, 0.05) is 36.3 Å². The summed E-state index contributed by atoms with van der Waals surface area (Å²) in [5, 5.41) is 8.69. The van der Waals surface area contributed by atoms with Crippen LogP contribution in [0.2, 0.25) is 0 Å². The van der Waals surface area contributed by atoms with Crippen molar-refractivity contribution in [3.63, 3.8) is 0 Å². The number of fused-ring (bicyclic) bond motifs is 3. The van der Waals surface area contributed by atoms with Gasteiger partial charge < -0.3 is 29.3 Å². The molecule has 2 aliphatic heterocycles. The fraction of sp³-hybridized carbons (Fsp3) is 0.435. The summed E-state index contributed by atoms with van der Waals surface area (Å²) >= 11 is 0. The lowest BCUT2D eigenvalue weighted by molar-refractivity contribution is -0.131. The van der Waals surface area contributed by atoms with Crippen molar-refractivity contribution in [2.75, 3.05) is 52.8 Å². The predicted octanol–water partition coefficient (Wildman–Crippen LogP) is 8.57. The number of carboxylic acids is 1. The summed E-state index contributed by atoms with van der Waals surface area (Å²) in [4.78, 5) is 28.6. The van der Waals surface area contributed by atoms with Crippen LogP contribution in [0.3, 0.4) is 0 Å². The van der Waals surface area contributed by atoms with Gasteiger partial charge in [0.05, 0.1) is 7.11 Å². The third-order valence-electron chi connectivity index (χ3n) is 11.9. The van der Waals surface area contributed by atoms with E-state index in [0.717, 1.165) is 43.6 Å². The van der Waals surface area contributed by atoms with Crippen LogP contribution in [0, 0.1) is 5.92 Å². The number of likely N-dealkylation sites (tertiary alicyclic amines) is 1. The van der Waals surface area contributed by atoms with Crippen LogP contribution < -0.4 is 14.4 Å². The van der Waals surface area contributed by atoms with Crippen molar-refractivity contribution in [1.29, 1.82) is 0 Å². The number of anilines is 2. The molecule has 8 rings (SSSR count). The Labute approximate surface area is 321 Å². The van der Waals surface area contributed by atoms with E-state index in [1.54, 1.807) is 30.4 Å².